The Kier molecular flexibility index (Phi) is 6.15. The third kappa shape index (κ3) is 4.56. The Hall–Kier alpha value is -2.50. The molecule has 1 aliphatic rings. The van der Waals surface area contributed by atoms with Gasteiger partial charge >= 0.3 is 0 Å². The van der Waals surface area contributed by atoms with Crippen molar-refractivity contribution in [2.45, 2.75) is 38.1 Å². The summed E-state index contributed by atoms with van der Waals surface area (Å²) in [5, 5.41) is 11.0. The van der Waals surface area contributed by atoms with Gasteiger partial charge in [0.15, 0.2) is 5.96 Å². The number of ether oxygens (including phenoxy) is 1. The Labute approximate surface area is 155 Å². The molecule has 1 saturated carbocycles. The number of para-hydroxylation sites is 1. The molecule has 0 atom stereocenters. The number of hydrogen-bond acceptors (Lipinski definition) is 3. The number of aromatic nitrogens is 2. The monoisotopic (exact) mass is 355 g/mol. The fourth-order valence-corrected chi connectivity index (χ4v) is 3.20. The van der Waals surface area contributed by atoms with Crippen LogP contribution in [0.25, 0.3) is 0 Å². The van der Waals surface area contributed by atoms with Gasteiger partial charge in [-0.15, -0.1) is 0 Å². The van der Waals surface area contributed by atoms with Crippen molar-refractivity contribution in [2.24, 2.45) is 4.99 Å². The molecule has 0 bridgehead atoms. The van der Waals surface area contributed by atoms with Gasteiger partial charge in [-0.1, -0.05) is 18.2 Å². The van der Waals surface area contributed by atoms with Gasteiger partial charge in [-0.3, -0.25) is 9.67 Å². The Morgan fingerprint density at radius 1 is 1.27 bits per heavy atom. The molecule has 1 aliphatic carbocycles. The van der Waals surface area contributed by atoms with E-state index in [1.165, 1.54) is 5.56 Å². The van der Waals surface area contributed by atoms with Crippen molar-refractivity contribution < 1.29 is 4.74 Å². The molecule has 0 amide bonds. The summed E-state index contributed by atoms with van der Waals surface area (Å²) in [6.45, 7) is 5.50. The summed E-state index contributed by atoms with van der Waals surface area (Å²) in [6.07, 6.45) is 7.13. The van der Waals surface area contributed by atoms with Crippen LogP contribution < -0.4 is 15.4 Å². The first-order valence-electron chi connectivity index (χ1n) is 9.40. The van der Waals surface area contributed by atoms with Crippen molar-refractivity contribution >= 4 is 5.96 Å². The van der Waals surface area contributed by atoms with Gasteiger partial charge < -0.3 is 15.4 Å². The van der Waals surface area contributed by atoms with Crippen LogP contribution in [0.15, 0.2) is 47.7 Å². The number of guanidine groups is 1. The largest absolute Gasteiger partial charge is 0.496 e. The van der Waals surface area contributed by atoms with E-state index in [-0.39, 0.29) is 5.41 Å². The summed E-state index contributed by atoms with van der Waals surface area (Å²) < 4.78 is 7.50. The summed E-state index contributed by atoms with van der Waals surface area (Å²) in [4.78, 5) is 4.85. The van der Waals surface area contributed by atoms with Crippen LogP contribution in [0, 0.1) is 0 Å². The molecule has 140 valence electrons. The van der Waals surface area contributed by atoms with Crippen molar-refractivity contribution in [1.82, 2.24) is 20.4 Å². The van der Waals surface area contributed by atoms with Crippen molar-refractivity contribution in [3.63, 3.8) is 0 Å². The van der Waals surface area contributed by atoms with E-state index in [0.29, 0.717) is 0 Å². The molecule has 2 aromatic rings. The van der Waals surface area contributed by atoms with E-state index in [1.807, 2.05) is 35.3 Å². The smallest absolute Gasteiger partial charge is 0.191 e. The second kappa shape index (κ2) is 8.74. The maximum atomic E-state index is 5.55. The molecule has 6 heteroatoms. The van der Waals surface area contributed by atoms with Crippen LogP contribution in [-0.2, 0) is 12.0 Å². The number of nitrogens with zero attached hydrogens (tertiary/aromatic N) is 3. The highest BCUT2D eigenvalue weighted by molar-refractivity contribution is 5.79. The molecule has 0 spiro atoms. The molecule has 1 fully saturated rings. The number of hydrogen-bond donors (Lipinski definition) is 2. The van der Waals surface area contributed by atoms with E-state index >= 15 is 0 Å². The van der Waals surface area contributed by atoms with Crippen LogP contribution in [-0.4, -0.2) is 42.5 Å². The van der Waals surface area contributed by atoms with Gasteiger partial charge in [0.2, 0.25) is 0 Å². The predicted octanol–water partition coefficient (Wildman–Crippen LogP) is 2.57. The number of methoxy groups -OCH3 is 1. The van der Waals surface area contributed by atoms with Crippen molar-refractivity contribution in [2.75, 3.05) is 26.7 Å². The van der Waals surface area contributed by atoms with Crippen LogP contribution in [0.1, 0.15) is 31.7 Å². The zero-order valence-corrected chi connectivity index (χ0v) is 15.7. The summed E-state index contributed by atoms with van der Waals surface area (Å²) >= 11 is 0. The van der Waals surface area contributed by atoms with Crippen LogP contribution >= 0.6 is 0 Å². The molecule has 0 saturated heterocycles. The maximum Gasteiger partial charge on any atom is 0.191 e. The molecule has 6 nitrogen and oxygen atoms in total. The quantitative estimate of drug-likeness (QED) is 0.412. The fourth-order valence-electron chi connectivity index (χ4n) is 3.20. The van der Waals surface area contributed by atoms with Gasteiger partial charge in [0.1, 0.15) is 5.75 Å². The number of benzene rings is 1. The van der Waals surface area contributed by atoms with Gasteiger partial charge in [0.05, 0.1) is 13.7 Å². The second-order valence-corrected chi connectivity index (χ2v) is 6.73. The molecule has 0 unspecified atom stereocenters. The highest BCUT2D eigenvalue weighted by Gasteiger charge is 2.46. The Bertz CT molecular complexity index is 707. The zero-order valence-electron chi connectivity index (χ0n) is 15.7. The molecular weight excluding hydrogens is 326 g/mol. The Morgan fingerprint density at radius 3 is 2.81 bits per heavy atom. The maximum absolute atomic E-state index is 5.55. The molecule has 0 aliphatic heterocycles. The van der Waals surface area contributed by atoms with E-state index in [1.54, 1.807) is 7.11 Å². The van der Waals surface area contributed by atoms with Gasteiger partial charge in [-0.25, -0.2) is 0 Å². The van der Waals surface area contributed by atoms with Crippen LogP contribution in [0.5, 0.6) is 5.75 Å². The minimum atomic E-state index is 0.129. The van der Waals surface area contributed by atoms with Crippen molar-refractivity contribution in [3.05, 3.63) is 48.3 Å². The summed E-state index contributed by atoms with van der Waals surface area (Å²) in [5.74, 6) is 1.85. The van der Waals surface area contributed by atoms with E-state index < -0.39 is 0 Å². The molecule has 1 aromatic carbocycles. The van der Waals surface area contributed by atoms with Crippen molar-refractivity contribution in [3.8, 4) is 5.75 Å². The molecule has 0 radical (unpaired) electrons. The third-order valence-corrected chi connectivity index (χ3v) is 4.83. The molecule has 2 N–H and O–H groups in total. The van der Waals surface area contributed by atoms with Crippen LogP contribution in [0.4, 0.5) is 0 Å². The lowest BCUT2D eigenvalue weighted by atomic mass is 9.95. The van der Waals surface area contributed by atoms with E-state index in [0.717, 1.165) is 57.2 Å². The first-order chi connectivity index (χ1) is 12.8. The lowest BCUT2D eigenvalue weighted by Crippen LogP contribution is -2.38. The molecule has 1 aromatic heterocycles. The van der Waals surface area contributed by atoms with Crippen molar-refractivity contribution in [1.29, 1.82) is 0 Å². The number of aryl methyl sites for hydroxylation is 1. The van der Waals surface area contributed by atoms with E-state index in [4.69, 9.17) is 9.73 Å². The second-order valence-electron chi connectivity index (χ2n) is 6.73. The lowest BCUT2D eigenvalue weighted by molar-refractivity contribution is 0.404. The number of aliphatic imine (C=N–C) groups is 1. The predicted molar refractivity (Wildman–Crippen MR) is 105 cm³/mol. The molecule has 26 heavy (non-hydrogen) atoms. The summed E-state index contributed by atoms with van der Waals surface area (Å²) in [5.41, 5.74) is 1.41. The average molecular weight is 355 g/mol. The average Bonchev–Trinajstić information content (AvgIpc) is 3.28. The number of rotatable bonds is 9. The van der Waals surface area contributed by atoms with E-state index in [9.17, 15) is 0 Å². The van der Waals surface area contributed by atoms with Crippen LogP contribution in [0.2, 0.25) is 0 Å². The highest BCUT2D eigenvalue weighted by atomic mass is 16.5. The topological polar surface area (TPSA) is 63.5 Å². The first kappa shape index (κ1) is 18.3. The lowest BCUT2D eigenvalue weighted by Gasteiger charge is -2.18. The molecule has 1 heterocycles. The number of nitrogens with one attached hydrogen (secondary N) is 2. The highest BCUT2D eigenvalue weighted by Crippen LogP contribution is 2.51. The van der Waals surface area contributed by atoms with Gasteiger partial charge in [0, 0.05) is 43.0 Å². The molecule has 3 rings (SSSR count). The SMILES string of the molecule is CCNC(=NCC1(c2ccccc2OC)CC1)NCCCn1cccn1. The zero-order chi connectivity index (χ0) is 18.2. The minimum absolute atomic E-state index is 0.129. The molecular formula is C20H29N5O. The minimum Gasteiger partial charge on any atom is -0.496 e. The Morgan fingerprint density at radius 2 is 2.12 bits per heavy atom. The Balaban J connectivity index is 1.56. The fraction of sp³-hybridized carbons (Fsp3) is 0.500. The first-order valence-corrected chi connectivity index (χ1v) is 9.40. The summed E-state index contributed by atoms with van der Waals surface area (Å²) in [7, 11) is 1.74. The van der Waals surface area contributed by atoms with Gasteiger partial charge in [-0.05, 0) is 38.3 Å². The standard InChI is InChI=1S/C20H29N5O/c1-3-21-19(22-12-6-14-25-15-7-13-24-25)23-16-20(10-11-20)17-8-4-5-9-18(17)26-2/h4-5,7-9,13,15H,3,6,10-12,14,16H2,1-2H3,(H2,21,22,23). The van der Waals surface area contributed by atoms with Gasteiger partial charge in [-0.2, -0.15) is 5.10 Å². The van der Waals surface area contributed by atoms with Crippen LogP contribution in [0.3, 0.4) is 0 Å². The summed E-state index contributed by atoms with van der Waals surface area (Å²) in [6, 6.07) is 10.3. The normalized spacial score (nSPS) is 15.5. The van der Waals surface area contributed by atoms with E-state index in [2.05, 4.69) is 34.8 Å². The third-order valence-electron chi connectivity index (χ3n) is 4.83. The van der Waals surface area contributed by atoms with Gasteiger partial charge in [0.25, 0.3) is 0 Å².